The molecule has 0 radical (unpaired) electrons. The van der Waals surface area contributed by atoms with E-state index in [1.165, 1.54) is 12.1 Å². The summed E-state index contributed by atoms with van der Waals surface area (Å²) >= 11 is 4.93. The van der Waals surface area contributed by atoms with Gasteiger partial charge in [0, 0.05) is 17.1 Å². The van der Waals surface area contributed by atoms with Crippen LogP contribution in [0.5, 0.6) is 0 Å². The van der Waals surface area contributed by atoms with Crippen molar-refractivity contribution in [3.63, 3.8) is 0 Å². The third-order valence-electron chi connectivity index (χ3n) is 2.84. The van der Waals surface area contributed by atoms with Gasteiger partial charge >= 0.3 is 12.1 Å². The molecule has 3 nitrogen and oxygen atoms in total. The Hall–Kier alpha value is -2.06. The van der Waals surface area contributed by atoms with E-state index in [1.54, 1.807) is 18.2 Å². The summed E-state index contributed by atoms with van der Waals surface area (Å²) in [5.74, 6) is -0.876. The molecule has 0 spiro atoms. The maximum Gasteiger partial charge on any atom is 0.426 e. The Bertz CT molecular complexity index is 752. The number of methoxy groups -OCH3 is 1. The number of ether oxygens (including phenoxy) is 1. The molecular formula is C15H10F3NO2S2. The Labute approximate surface area is 139 Å². The number of alkyl halides is 3. The van der Waals surface area contributed by atoms with Crippen molar-refractivity contribution in [1.29, 1.82) is 0 Å². The lowest BCUT2D eigenvalue weighted by Crippen LogP contribution is -2.03. The van der Waals surface area contributed by atoms with Crippen molar-refractivity contribution in [2.45, 2.75) is 6.18 Å². The lowest BCUT2D eigenvalue weighted by atomic mass is 10.0. The summed E-state index contributed by atoms with van der Waals surface area (Å²) in [4.78, 5) is 14.6. The van der Waals surface area contributed by atoms with Crippen LogP contribution >= 0.6 is 23.6 Å². The lowest BCUT2D eigenvalue weighted by molar-refractivity contribution is -0.133. The van der Waals surface area contributed by atoms with Crippen LogP contribution in [0.4, 0.5) is 18.9 Å². The molecule has 0 aliphatic rings. The molecule has 2 rings (SSSR count). The second-order valence-electron chi connectivity index (χ2n) is 4.25. The third-order valence-corrected chi connectivity index (χ3v) is 4.16. The molecule has 0 atom stereocenters. The number of halogens is 3. The van der Waals surface area contributed by atoms with Gasteiger partial charge in [0.05, 0.1) is 12.8 Å². The number of thiocarbonyl (C=S) groups is 1. The van der Waals surface area contributed by atoms with Crippen molar-refractivity contribution < 1.29 is 22.7 Å². The van der Waals surface area contributed by atoms with Gasteiger partial charge in [0.15, 0.2) is 0 Å². The number of thiophene rings is 1. The first-order valence-corrected chi connectivity index (χ1v) is 7.54. The summed E-state index contributed by atoms with van der Waals surface area (Å²) in [5, 5.41) is 1.15. The highest BCUT2D eigenvalue weighted by Crippen LogP contribution is 2.49. The molecule has 0 N–H and O–H groups in total. The van der Waals surface area contributed by atoms with Gasteiger partial charge in [-0.15, -0.1) is 11.3 Å². The predicted octanol–water partition coefficient (Wildman–Crippen LogP) is 4.92. The van der Waals surface area contributed by atoms with Crippen LogP contribution in [0, 0.1) is 0 Å². The lowest BCUT2D eigenvalue weighted by Gasteiger charge is -2.08. The SMILES string of the molecule is COC(=O)c1sc(C(F)(F)F)c(-c2ccccc2)c1N=CC=S. The molecule has 0 bridgehead atoms. The van der Waals surface area contributed by atoms with Crippen LogP contribution in [0.1, 0.15) is 14.5 Å². The summed E-state index contributed by atoms with van der Waals surface area (Å²) in [5.41, 5.74) is 0.0563. The summed E-state index contributed by atoms with van der Waals surface area (Å²) < 4.78 is 44.8. The molecule has 8 heteroatoms. The van der Waals surface area contributed by atoms with E-state index in [-0.39, 0.29) is 16.1 Å². The zero-order valence-electron chi connectivity index (χ0n) is 11.8. The first kappa shape index (κ1) is 17.3. The maximum atomic E-state index is 13.4. The molecule has 0 aliphatic carbocycles. The van der Waals surface area contributed by atoms with E-state index in [0.29, 0.717) is 16.9 Å². The van der Waals surface area contributed by atoms with E-state index in [0.717, 1.165) is 18.7 Å². The minimum Gasteiger partial charge on any atom is -0.465 e. The van der Waals surface area contributed by atoms with Crippen molar-refractivity contribution >= 4 is 46.8 Å². The Balaban J connectivity index is 2.83. The number of nitrogens with zero attached hydrogens (tertiary/aromatic N) is 1. The van der Waals surface area contributed by atoms with E-state index in [4.69, 9.17) is 0 Å². The minimum atomic E-state index is -4.62. The van der Waals surface area contributed by atoms with Crippen LogP contribution in [0.2, 0.25) is 0 Å². The zero-order valence-corrected chi connectivity index (χ0v) is 13.4. The number of carbonyl (C=O) groups is 1. The normalized spacial score (nSPS) is 11.7. The maximum absolute atomic E-state index is 13.4. The van der Waals surface area contributed by atoms with Crippen LogP contribution in [0.3, 0.4) is 0 Å². The van der Waals surface area contributed by atoms with Crippen LogP contribution in [-0.4, -0.2) is 24.7 Å². The van der Waals surface area contributed by atoms with Gasteiger partial charge in [0.25, 0.3) is 0 Å². The van der Waals surface area contributed by atoms with Gasteiger partial charge in [0.2, 0.25) is 0 Å². The molecule has 0 fully saturated rings. The predicted molar refractivity (Wildman–Crippen MR) is 87.9 cm³/mol. The fraction of sp³-hybridized carbons (Fsp3) is 0.133. The van der Waals surface area contributed by atoms with Crippen molar-refractivity contribution in [2.24, 2.45) is 4.99 Å². The molecule has 23 heavy (non-hydrogen) atoms. The van der Waals surface area contributed by atoms with E-state index in [2.05, 4.69) is 21.9 Å². The fourth-order valence-electron chi connectivity index (χ4n) is 1.95. The second kappa shape index (κ2) is 7.01. The molecule has 0 saturated heterocycles. The number of rotatable bonds is 4. The van der Waals surface area contributed by atoms with Crippen molar-refractivity contribution in [2.75, 3.05) is 7.11 Å². The Morgan fingerprint density at radius 1 is 1.30 bits per heavy atom. The fourth-order valence-corrected chi connectivity index (χ4v) is 3.07. The first-order chi connectivity index (χ1) is 10.9. The van der Waals surface area contributed by atoms with Crippen molar-refractivity contribution in [1.82, 2.24) is 0 Å². The molecule has 1 aromatic carbocycles. The highest BCUT2D eigenvalue weighted by molar-refractivity contribution is 7.80. The first-order valence-electron chi connectivity index (χ1n) is 6.25. The van der Waals surface area contributed by atoms with E-state index < -0.39 is 17.0 Å². The Morgan fingerprint density at radius 3 is 2.48 bits per heavy atom. The van der Waals surface area contributed by atoms with Crippen LogP contribution in [0.25, 0.3) is 11.1 Å². The van der Waals surface area contributed by atoms with Crippen LogP contribution in [0.15, 0.2) is 35.3 Å². The van der Waals surface area contributed by atoms with Gasteiger partial charge in [-0.3, -0.25) is 4.99 Å². The van der Waals surface area contributed by atoms with Crippen molar-refractivity contribution in [3.05, 3.63) is 40.1 Å². The second-order valence-corrected chi connectivity index (χ2v) is 5.55. The highest BCUT2D eigenvalue weighted by atomic mass is 32.1. The number of aliphatic imine (C=N–C) groups is 1. The topological polar surface area (TPSA) is 38.7 Å². The summed E-state index contributed by atoms with van der Waals surface area (Å²) in [6, 6.07) is 7.95. The average molecular weight is 357 g/mol. The molecule has 120 valence electrons. The van der Waals surface area contributed by atoms with Gasteiger partial charge in [-0.25, -0.2) is 4.79 Å². The molecule has 1 aromatic heterocycles. The quantitative estimate of drug-likeness (QED) is 0.443. The number of benzene rings is 1. The molecule has 0 amide bonds. The molecule has 0 aliphatic heterocycles. The Kier molecular flexibility index (Phi) is 5.27. The molecule has 2 aromatic rings. The average Bonchev–Trinajstić information content (AvgIpc) is 2.92. The summed E-state index contributed by atoms with van der Waals surface area (Å²) in [7, 11) is 1.10. The summed E-state index contributed by atoms with van der Waals surface area (Å²) in [6.45, 7) is 0. The highest BCUT2D eigenvalue weighted by Gasteiger charge is 2.40. The minimum absolute atomic E-state index is 0.0959. The monoisotopic (exact) mass is 357 g/mol. The van der Waals surface area contributed by atoms with Crippen molar-refractivity contribution in [3.8, 4) is 11.1 Å². The number of carbonyl (C=O) groups excluding carboxylic acids is 1. The third kappa shape index (κ3) is 3.65. The molecule has 0 saturated carbocycles. The zero-order chi connectivity index (χ0) is 17.0. The summed E-state index contributed by atoms with van der Waals surface area (Å²) in [6.07, 6.45) is -3.46. The smallest absolute Gasteiger partial charge is 0.426 e. The molecule has 0 unspecified atom stereocenters. The molecular weight excluding hydrogens is 347 g/mol. The standard InChI is InChI=1S/C15H10F3NO2S2/c1-21-14(20)12-11(19-7-8-22)10(9-5-3-2-4-6-9)13(23-12)15(16,17)18/h2-8H,1H3. The number of esters is 1. The van der Waals surface area contributed by atoms with Gasteiger partial charge < -0.3 is 4.74 Å². The molecule has 1 heterocycles. The van der Waals surface area contributed by atoms with Gasteiger partial charge in [0.1, 0.15) is 9.75 Å². The van der Waals surface area contributed by atoms with E-state index >= 15 is 0 Å². The van der Waals surface area contributed by atoms with Crippen LogP contribution < -0.4 is 0 Å². The van der Waals surface area contributed by atoms with Gasteiger partial charge in [-0.2, -0.15) is 13.2 Å². The van der Waals surface area contributed by atoms with E-state index in [1.807, 2.05) is 0 Å². The van der Waals surface area contributed by atoms with Gasteiger partial charge in [-0.1, -0.05) is 42.5 Å². The van der Waals surface area contributed by atoms with E-state index in [9.17, 15) is 18.0 Å². The van der Waals surface area contributed by atoms with Gasteiger partial charge in [-0.05, 0) is 5.56 Å². The Morgan fingerprint density at radius 2 is 1.96 bits per heavy atom. The number of hydrogen-bond donors (Lipinski definition) is 0. The van der Waals surface area contributed by atoms with Crippen LogP contribution in [-0.2, 0) is 10.9 Å². The number of hydrogen-bond acceptors (Lipinski definition) is 5. The largest absolute Gasteiger partial charge is 0.465 e.